The zero-order chi connectivity index (χ0) is 14.3. The second-order valence-electron chi connectivity index (χ2n) is 4.12. The van der Waals surface area contributed by atoms with E-state index in [4.69, 9.17) is 10.5 Å². The molecule has 4 nitrogen and oxygen atoms in total. The number of hydrogen-bond acceptors (Lipinski definition) is 5. The van der Waals surface area contributed by atoms with Crippen LogP contribution in [0.15, 0.2) is 23.1 Å². The summed E-state index contributed by atoms with van der Waals surface area (Å²) in [4.78, 5) is 15.1. The van der Waals surface area contributed by atoms with Crippen LogP contribution in [-0.4, -0.2) is 43.4 Å². The molecule has 2 N–H and O–H groups in total. The standard InChI is InChI=1S/C14H22N2O2S.ClH/c1-4-16(5-2)8-9-18-14(17)12-7-6-11(15)10-13(12)19-3;/h6-7,10H,4-5,8-9,15H2,1-3H3;1H. The molecule has 1 rings (SSSR count). The lowest BCUT2D eigenvalue weighted by Crippen LogP contribution is -2.28. The molecule has 0 saturated heterocycles. The highest BCUT2D eigenvalue weighted by Crippen LogP contribution is 2.23. The zero-order valence-corrected chi connectivity index (χ0v) is 13.9. The number of esters is 1. The van der Waals surface area contributed by atoms with Crippen LogP contribution in [0.2, 0.25) is 0 Å². The molecule has 1 aromatic rings. The van der Waals surface area contributed by atoms with E-state index < -0.39 is 0 Å². The lowest BCUT2D eigenvalue weighted by atomic mass is 10.2. The van der Waals surface area contributed by atoms with E-state index in [1.165, 1.54) is 11.8 Å². The van der Waals surface area contributed by atoms with Gasteiger partial charge in [0.2, 0.25) is 0 Å². The minimum Gasteiger partial charge on any atom is -0.461 e. The fraction of sp³-hybridized carbons (Fsp3) is 0.500. The highest BCUT2D eigenvalue weighted by Gasteiger charge is 2.13. The maximum absolute atomic E-state index is 12.0. The summed E-state index contributed by atoms with van der Waals surface area (Å²) in [6.07, 6.45) is 1.92. The van der Waals surface area contributed by atoms with Crippen LogP contribution < -0.4 is 5.73 Å². The number of benzene rings is 1. The highest BCUT2D eigenvalue weighted by molar-refractivity contribution is 7.98. The maximum atomic E-state index is 12.0. The number of rotatable bonds is 7. The van der Waals surface area contributed by atoms with Crippen LogP contribution in [0.4, 0.5) is 5.69 Å². The molecule has 0 heterocycles. The third-order valence-corrected chi connectivity index (χ3v) is 3.76. The van der Waals surface area contributed by atoms with Crippen molar-refractivity contribution >= 4 is 35.8 Å². The van der Waals surface area contributed by atoms with Gasteiger partial charge in [0, 0.05) is 17.1 Å². The monoisotopic (exact) mass is 318 g/mol. The van der Waals surface area contributed by atoms with E-state index in [2.05, 4.69) is 18.7 Å². The Balaban J connectivity index is 0.00000361. The average Bonchev–Trinajstić information content (AvgIpc) is 2.43. The summed E-state index contributed by atoms with van der Waals surface area (Å²) in [5.74, 6) is -0.281. The van der Waals surface area contributed by atoms with Crippen LogP contribution in [0.5, 0.6) is 0 Å². The van der Waals surface area contributed by atoms with Crippen LogP contribution in [0, 0.1) is 0 Å². The number of nitrogens with two attached hydrogens (primary N) is 1. The Morgan fingerprint density at radius 2 is 2.00 bits per heavy atom. The lowest BCUT2D eigenvalue weighted by Gasteiger charge is -2.17. The number of hydrogen-bond donors (Lipinski definition) is 1. The van der Waals surface area contributed by atoms with Crippen molar-refractivity contribution in [2.75, 3.05) is 38.2 Å². The number of halogens is 1. The van der Waals surface area contributed by atoms with Crippen molar-refractivity contribution in [3.63, 3.8) is 0 Å². The van der Waals surface area contributed by atoms with Gasteiger partial charge in [0.05, 0.1) is 5.56 Å². The molecule has 0 saturated carbocycles. The number of carbonyl (C=O) groups is 1. The molecule has 0 bridgehead atoms. The van der Waals surface area contributed by atoms with E-state index in [0.717, 1.165) is 24.5 Å². The SMILES string of the molecule is CCN(CC)CCOC(=O)c1ccc(N)cc1SC.Cl. The second-order valence-corrected chi connectivity index (χ2v) is 4.97. The largest absolute Gasteiger partial charge is 0.461 e. The predicted molar refractivity (Wildman–Crippen MR) is 88.0 cm³/mol. The Bertz CT molecular complexity index is 426. The first-order valence-corrected chi connectivity index (χ1v) is 7.67. The Kier molecular flexibility index (Phi) is 9.46. The van der Waals surface area contributed by atoms with Crippen molar-refractivity contribution in [2.24, 2.45) is 0 Å². The van der Waals surface area contributed by atoms with Crippen molar-refractivity contribution in [1.29, 1.82) is 0 Å². The summed E-state index contributed by atoms with van der Waals surface area (Å²) >= 11 is 1.50. The van der Waals surface area contributed by atoms with Crippen molar-refractivity contribution in [3.05, 3.63) is 23.8 Å². The number of likely N-dealkylation sites (N-methyl/N-ethyl adjacent to an activating group) is 1. The van der Waals surface area contributed by atoms with Crippen LogP contribution >= 0.6 is 24.2 Å². The van der Waals surface area contributed by atoms with Crippen molar-refractivity contribution in [1.82, 2.24) is 4.90 Å². The molecule has 0 amide bonds. The van der Waals surface area contributed by atoms with Gasteiger partial charge in [0.1, 0.15) is 6.61 Å². The van der Waals surface area contributed by atoms with Crippen LogP contribution in [0.3, 0.4) is 0 Å². The number of carbonyl (C=O) groups excluding carboxylic acids is 1. The minimum absolute atomic E-state index is 0. The van der Waals surface area contributed by atoms with Crippen LogP contribution in [-0.2, 0) is 4.74 Å². The van der Waals surface area contributed by atoms with Crippen molar-refractivity contribution in [2.45, 2.75) is 18.7 Å². The predicted octanol–water partition coefficient (Wildman–Crippen LogP) is 2.91. The molecule has 0 aliphatic rings. The first kappa shape index (κ1) is 19.1. The molecule has 0 aromatic heterocycles. The van der Waals surface area contributed by atoms with Gasteiger partial charge in [-0.2, -0.15) is 0 Å². The van der Waals surface area contributed by atoms with E-state index in [1.807, 2.05) is 6.26 Å². The van der Waals surface area contributed by atoms with Gasteiger partial charge in [0.25, 0.3) is 0 Å². The Hall–Kier alpha value is -0.910. The molecular formula is C14H23ClN2O2S. The number of nitrogens with zero attached hydrogens (tertiary/aromatic N) is 1. The van der Waals surface area contributed by atoms with Gasteiger partial charge in [0.15, 0.2) is 0 Å². The first-order valence-electron chi connectivity index (χ1n) is 6.45. The zero-order valence-electron chi connectivity index (χ0n) is 12.2. The van der Waals surface area contributed by atoms with E-state index in [1.54, 1.807) is 18.2 Å². The normalized spacial score (nSPS) is 10.2. The molecule has 0 unspecified atom stereocenters. The third kappa shape index (κ3) is 5.61. The molecule has 0 fully saturated rings. The molecule has 6 heteroatoms. The summed E-state index contributed by atoms with van der Waals surface area (Å²) in [6.45, 7) is 7.30. The molecule has 0 aliphatic heterocycles. The summed E-state index contributed by atoms with van der Waals surface area (Å²) in [5.41, 5.74) is 6.95. The second kappa shape index (κ2) is 9.91. The van der Waals surface area contributed by atoms with Gasteiger partial charge in [-0.3, -0.25) is 0 Å². The van der Waals surface area contributed by atoms with Gasteiger partial charge >= 0.3 is 5.97 Å². The summed E-state index contributed by atoms with van der Waals surface area (Å²) in [6, 6.07) is 5.24. The molecule has 0 atom stereocenters. The topological polar surface area (TPSA) is 55.6 Å². The highest BCUT2D eigenvalue weighted by atomic mass is 35.5. The van der Waals surface area contributed by atoms with Crippen molar-refractivity contribution in [3.8, 4) is 0 Å². The third-order valence-electron chi connectivity index (χ3n) is 2.98. The van der Waals surface area contributed by atoms with Gasteiger partial charge in [-0.1, -0.05) is 13.8 Å². The van der Waals surface area contributed by atoms with E-state index in [9.17, 15) is 4.79 Å². The molecule has 0 spiro atoms. The first-order chi connectivity index (χ1) is 9.12. The van der Waals surface area contributed by atoms with E-state index >= 15 is 0 Å². The summed E-state index contributed by atoms with van der Waals surface area (Å²) < 4.78 is 5.31. The molecule has 20 heavy (non-hydrogen) atoms. The van der Waals surface area contributed by atoms with E-state index in [-0.39, 0.29) is 18.4 Å². The number of thioether (sulfide) groups is 1. The lowest BCUT2D eigenvalue weighted by molar-refractivity contribution is 0.0462. The average molecular weight is 319 g/mol. The number of ether oxygens (including phenoxy) is 1. The summed E-state index contributed by atoms with van der Waals surface area (Å²) in [7, 11) is 0. The number of nitrogen functional groups attached to an aromatic ring is 1. The minimum atomic E-state index is -0.281. The van der Waals surface area contributed by atoms with E-state index in [0.29, 0.717) is 17.9 Å². The smallest absolute Gasteiger partial charge is 0.339 e. The molecule has 114 valence electrons. The van der Waals surface area contributed by atoms with Gasteiger partial charge in [-0.15, -0.1) is 24.2 Å². The Morgan fingerprint density at radius 3 is 2.55 bits per heavy atom. The van der Waals surface area contributed by atoms with Crippen LogP contribution in [0.25, 0.3) is 0 Å². The maximum Gasteiger partial charge on any atom is 0.339 e. The molecule has 1 aromatic carbocycles. The van der Waals surface area contributed by atoms with Gasteiger partial charge < -0.3 is 15.4 Å². The molecule has 0 aliphatic carbocycles. The number of anilines is 1. The molecule has 0 radical (unpaired) electrons. The van der Waals surface area contributed by atoms with Gasteiger partial charge in [-0.25, -0.2) is 4.79 Å². The molecular weight excluding hydrogens is 296 g/mol. The quantitative estimate of drug-likeness (QED) is 0.476. The van der Waals surface area contributed by atoms with Crippen molar-refractivity contribution < 1.29 is 9.53 Å². The fourth-order valence-electron chi connectivity index (χ4n) is 1.76. The van der Waals surface area contributed by atoms with Gasteiger partial charge in [-0.05, 0) is 37.5 Å². The fourth-order valence-corrected chi connectivity index (χ4v) is 2.39. The van der Waals surface area contributed by atoms with Crippen LogP contribution in [0.1, 0.15) is 24.2 Å². The Labute approximate surface area is 131 Å². The Morgan fingerprint density at radius 1 is 1.35 bits per heavy atom. The summed E-state index contributed by atoms with van der Waals surface area (Å²) in [5, 5.41) is 0.